The second kappa shape index (κ2) is 7.95. The van der Waals surface area contributed by atoms with Gasteiger partial charge in [-0.25, -0.2) is 0 Å². The molecule has 0 aliphatic rings. The minimum Gasteiger partial charge on any atom is -0.414 e. The van der Waals surface area contributed by atoms with Gasteiger partial charge >= 0.3 is 0 Å². The Labute approximate surface area is 123 Å². The van der Waals surface area contributed by atoms with Crippen LogP contribution < -0.4 is 0 Å². The Morgan fingerprint density at radius 1 is 1.29 bits per heavy atom. The van der Waals surface area contributed by atoms with Gasteiger partial charge in [-0.15, -0.1) is 0 Å². The molecule has 0 rings (SSSR count). The van der Waals surface area contributed by atoms with Crippen molar-refractivity contribution < 1.29 is 4.43 Å². The van der Waals surface area contributed by atoms with Gasteiger partial charge in [-0.05, 0) is 35.1 Å². The fourth-order valence-corrected chi connectivity index (χ4v) is 3.15. The molecule has 0 aromatic rings. The molecule has 0 heterocycles. The van der Waals surface area contributed by atoms with Gasteiger partial charge in [-0.1, -0.05) is 69.2 Å². The van der Waals surface area contributed by atoms with Crippen LogP contribution in [0.5, 0.6) is 0 Å². The van der Waals surface area contributed by atoms with Crippen molar-refractivity contribution in [3.8, 4) is 0 Å². The molecule has 0 saturated carbocycles. The molecule has 17 heavy (non-hydrogen) atoms. The molecular weight excluding hydrogens is 339 g/mol. The van der Waals surface area contributed by atoms with E-state index in [9.17, 15) is 0 Å². The molecule has 102 valence electrons. The summed E-state index contributed by atoms with van der Waals surface area (Å²) in [7, 11) is -1.60. The summed E-state index contributed by atoms with van der Waals surface area (Å²) < 4.78 is 8.59. The van der Waals surface area contributed by atoms with Crippen LogP contribution >= 0.6 is 22.6 Å². The summed E-state index contributed by atoms with van der Waals surface area (Å²) in [5.41, 5.74) is 0. The van der Waals surface area contributed by atoms with Gasteiger partial charge in [-0.3, -0.25) is 0 Å². The van der Waals surface area contributed by atoms with Gasteiger partial charge in [0.15, 0.2) is 8.32 Å². The van der Waals surface area contributed by atoms with Crippen molar-refractivity contribution in [1.82, 2.24) is 0 Å². The van der Waals surface area contributed by atoms with Gasteiger partial charge in [0, 0.05) is 6.10 Å². The maximum atomic E-state index is 6.49. The molecular formula is C14H29IOSi. The molecule has 0 aromatic heterocycles. The SMILES string of the molecule is CCCCC(C/C=C/I)O[Si](C)(C)C(C)(C)C. The van der Waals surface area contributed by atoms with Crippen LogP contribution in [0.2, 0.25) is 18.1 Å². The molecule has 0 fully saturated rings. The predicted molar refractivity (Wildman–Crippen MR) is 89.4 cm³/mol. The quantitative estimate of drug-likeness (QED) is 0.401. The van der Waals surface area contributed by atoms with Crippen LogP contribution in [0.3, 0.4) is 0 Å². The van der Waals surface area contributed by atoms with Crippen molar-refractivity contribution in [2.45, 2.75) is 77.6 Å². The molecule has 1 atom stereocenters. The minimum atomic E-state index is -1.60. The van der Waals surface area contributed by atoms with Gasteiger partial charge in [0.1, 0.15) is 0 Å². The molecule has 3 heteroatoms. The summed E-state index contributed by atoms with van der Waals surface area (Å²) in [6.07, 6.45) is 7.44. The van der Waals surface area contributed by atoms with E-state index in [4.69, 9.17) is 4.43 Å². The first-order valence-electron chi connectivity index (χ1n) is 6.67. The number of hydrogen-bond donors (Lipinski definition) is 0. The van der Waals surface area contributed by atoms with E-state index in [2.05, 4.69) is 73.5 Å². The van der Waals surface area contributed by atoms with Crippen LogP contribution in [-0.2, 0) is 4.43 Å². The second-order valence-electron chi connectivity index (χ2n) is 6.24. The highest BCUT2D eigenvalue weighted by Gasteiger charge is 2.38. The maximum Gasteiger partial charge on any atom is 0.192 e. The van der Waals surface area contributed by atoms with Crippen LogP contribution in [-0.4, -0.2) is 14.4 Å². The summed E-state index contributed by atoms with van der Waals surface area (Å²) in [6, 6.07) is 0. The summed E-state index contributed by atoms with van der Waals surface area (Å²) in [6.45, 7) is 13.9. The highest BCUT2D eigenvalue weighted by Crippen LogP contribution is 2.38. The second-order valence-corrected chi connectivity index (χ2v) is 11.7. The van der Waals surface area contributed by atoms with Crippen LogP contribution in [0.15, 0.2) is 10.2 Å². The van der Waals surface area contributed by atoms with Crippen LogP contribution in [0.25, 0.3) is 0 Å². The third-order valence-electron chi connectivity index (χ3n) is 3.64. The summed E-state index contributed by atoms with van der Waals surface area (Å²) in [5.74, 6) is 0. The van der Waals surface area contributed by atoms with E-state index in [0.29, 0.717) is 11.1 Å². The lowest BCUT2D eigenvalue weighted by molar-refractivity contribution is 0.171. The van der Waals surface area contributed by atoms with E-state index in [1.165, 1.54) is 19.3 Å². The van der Waals surface area contributed by atoms with E-state index in [1.807, 2.05) is 0 Å². The van der Waals surface area contributed by atoms with Crippen molar-refractivity contribution in [2.75, 3.05) is 0 Å². The summed E-state index contributed by atoms with van der Waals surface area (Å²) in [4.78, 5) is 0. The molecule has 0 radical (unpaired) electrons. The zero-order chi connectivity index (χ0) is 13.5. The lowest BCUT2D eigenvalue weighted by Crippen LogP contribution is -2.43. The largest absolute Gasteiger partial charge is 0.414 e. The third kappa shape index (κ3) is 6.96. The predicted octanol–water partition coefficient (Wildman–Crippen LogP) is 5.91. The Morgan fingerprint density at radius 3 is 2.29 bits per heavy atom. The number of rotatable bonds is 7. The Hall–Kier alpha value is 0.647. The van der Waals surface area contributed by atoms with E-state index in [1.54, 1.807) is 0 Å². The molecule has 0 spiro atoms. The van der Waals surface area contributed by atoms with Gasteiger partial charge < -0.3 is 4.43 Å². The van der Waals surface area contributed by atoms with E-state index in [-0.39, 0.29) is 0 Å². The smallest absolute Gasteiger partial charge is 0.192 e. The Morgan fingerprint density at radius 2 is 1.88 bits per heavy atom. The number of halogens is 1. The van der Waals surface area contributed by atoms with Crippen molar-refractivity contribution in [2.24, 2.45) is 0 Å². The average molecular weight is 368 g/mol. The molecule has 0 N–H and O–H groups in total. The Bertz CT molecular complexity index is 231. The monoisotopic (exact) mass is 368 g/mol. The van der Waals surface area contributed by atoms with E-state index < -0.39 is 8.32 Å². The zero-order valence-electron chi connectivity index (χ0n) is 12.3. The van der Waals surface area contributed by atoms with Gasteiger partial charge in [0.25, 0.3) is 0 Å². The average Bonchev–Trinajstić information content (AvgIpc) is 2.20. The van der Waals surface area contributed by atoms with Crippen molar-refractivity contribution in [1.29, 1.82) is 0 Å². The van der Waals surface area contributed by atoms with Gasteiger partial charge in [0.2, 0.25) is 0 Å². The standard InChI is InChI=1S/C14H29IOSi/c1-7-8-10-13(11-9-12-15)16-17(5,6)14(2,3)4/h9,12-13H,7-8,10-11H2,1-6H3/b12-9+. The minimum absolute atomic E-state index is 0.311. The Kier molecular flexibility index (Phi) is 8.25. The fourth-order valence-electron chi connectivity index (χ4n) is 1.45. The topological polar surface area (TPSA) is 9.23 Å². The number of hydrogen-bond acceptors (Lipinski definition) is 1. The molecule has 0 aromatic carbocycles. The van der Waals surface area contributed by atoms with Gasteiger partial charge in [0.05, 0.1) is 0 Å². The summed E-state index contributed by atoms with van der Waals surface area (Å²) >= 11 is 2.29. The molecule has 0 aliphatic carbocycles. The molecule has 0 saturated heterocycles. The fraction of sp³-hybridized carbons (Fsp3) is 0.857. The zero-order valence-corrected chi connectivity index (χ0v) is 15.5. The number of unbranched alkanes of at least 4 members (excludes halogenated alkanes) is 1. The first-order chi connectivity index (χ1) is 7.74. The first-order valence-corrected chi connectivity index (χ1v) is 10.8. The maximum absolute atomic E-state index is 6.49. The highest BCUT2D eigenvalue weighted by atomic mass is 127. The van der Waals surface area contributed by atoms with Crippen LogP contribution in [0, 0.1) is 0 Å². The molecule has 1 nitrogen and oxygen atoms in total. The van der Waals surface area contributed by atoms with Crippen molar-refractivity contribution in [3.05, 3.63) is 10.2 Å². The van der Waals surface area contributed by atoms with E-state index >= 15 is 0 Å². The molecule has 0 bridgehead atoms. The van der Waals surface area contributed by atoms with Crippen molar-refractivity contribution >= 4 is 30.9 Å². The van der Waals surface area contributed by atoms with Crippen LogP contribution in [0.4, 0.5) is 0 Å². The summed E-state index contributed by atoms with van der Waals surface area (Å²) in [5, 5.41) is 0.311. The van der Waals surface area contributed by atoms with Gasteiger partial charge in [-0.2, -0.15) is 0 Å². The highest BCUT2D eigenvalue weighted by molar-refractivity contribution is 14.1. The van der Waals surface area contributed by atoms with E-state index in [0.717, 1.165) is 6.42 Å². The molecule has 0 amide bonds. The molecule has 0 aliphatic heterocycles. The van der Waals surface area contributed by atoms with Crippen LogP contribution in [0.1, 0.15) is 53.4 Å². The first kappa shape index (κ1) is 17.6. The third-order valence-corrected chi connectivity index (χ3v) is 8.68. The lowest BCUT2D eigenvalue weighted by Gasteiger charge is -2.39. The lowest BCUT2D eigenvalue weighted by atomic mass is 10.1. The Balaban J connectivity index is 4.50. The normalized spacial score (nSPS) is 15.5. The van der Waals surface area contributed by atoms with Crippen molar-refractivity contribution in [3.63, 3.8) is 0 Å². The molecule has 1 unspecified atom stereocenters.